The van der Waals surface area contributed by atoms with E-state index in [0.29, 0.717) is 51.4 Å². The predicted molar refractivity (Wildman–Crippen MR) is 126 cm³/mol. The lowest BCUT2D eigenvalue weighted by Gasteiger charge is -2.66. The van der Waals surface area contributed by atoms with Gasteiger partial charge in [-0.15, -0.1) is 0 Å². The van der Waals surface area contributed by atoms with Gasteiger partial charge in [-0.05, 0) is 63.2 Å². The van der Waals surface area contributed by atoms with E-state index in [2.05, 4.69) is 0 Å². The molecule has 4 aliphatic carbocycles. The van der Waals surface area contributed by atoms with Crippen molar-refractivity contribution in [2.75, 3.05) is 13.2 Å². The van der Waals surface area contributed by atoms with Crippen LogP contribution in [0.5, 0.6) is 0 Å². The van der Waals surface area contributed by atoms with Crippen LogP contribution in [0.15, 0.2) is 0 Å². The second-order valence-electron chi connectivity index (χ2n) is 11.9. The van der Waals surface area contributed by atoms with Crippen LogP contribution in [0.4, 0.5) is 0 Å². The summed E-state index contributed by atoms with van der Waals surface area (Å²) < 4.78 is 16.0. The van der Waals surface area contributed by atoms with E-state index in [-0.39, 0.29) is 43.2 Å². The van der Waals surface area contributed by atoms with Crippen LogP contribution >= 0.6 is 0 Å². The SMILES string of the molecule is CC(=O)OCC(=O)[C@@H]1CC[C@]2(O)[C@@H]3CC[C@]4(O)C[C@@H](OC(C)=O)CC[C@]4(COC(C)=O)[C@H]3CC[C@]12C. The first-order valence-corrected chi connectivity index (χ1v) is 13.2. The Kier molecular flexibility index (Phi) is 7.05. The summed E-state index contributed by atoms with van der Waals surface area (Å²) in [6, 6.07) is 0. The van der Waals surface area contributed by atoms with Gasteiger partial charge in [-0.1, -0.05) is 6.92 Å². The molecule has 4 rings (SSSR count). The van der Waals surface area contributed by atoms with Crippen LogP contribution in [0.3, 0.4) is 0 Å². The van der Waals surface area contributed by atoms with E-state index in [1.165, 1.54) is 20.8 Å². The molecule has 0 saturated heterocycles. The van der Waals surface area contributed by atoms with Crippen molar-refractivity contribution in [3.05, 3.63) is 0 Å². The molecule has 202 valence electrons. The monoisotopic (exact) mass is 508 g/mol. The quantitative estimate of drug-likeness (QED) is 0.409. The number of ether oxygens (including phenoxy) is 3. The number of rotatable bonds is 6. The van der Waals surface area contributed by atoms with Gasteiger partial charge in [0.05, 0.1) is 17.8 Å². The number of aliphatic hydroxyl groups is 2. The molecule has 9 heteroatoms. The van der Waals surface area contributed by atoms with Crippen molar-refractivity contribution >= 4 is 23.7 Å². The van der Waals surface area contributed by atoms with Crippen LogP contribution in [0.2, 0.25) is 0 Å². The third kappa shape index (κ3) is 4.16. The minimum atomic E-state index is -1.20. The van der Waals surface area contributed by atoms with Crippen molar-refractivity contribution < 1.29 is 43.6 Å². The molecule has 0 amide bonds. The van der Waals surface area contributed by atoms with Crippen LogP contribution in [0, 0.1) is 28.6 Å². The Hall–Kier alpha value is -2.00. The van der Waals surface area contributed by atoms with Crippen LogP contribution in [-0.4, -0.2) is 64.4 Å². The number of carbonyl (C=O) groups excluding carboxylic acids is 4. The van der Waals surface area contributed by atoms with E-state index < -0.39 is 46.0 Å². The summed E-state index contributed by atoms with van der Waals surface area (Å²) in [5.41, 5.74) is -3.76. The molecule has 0 spiro atoms. The summed E-state index contributed by atoms with van der Waals surface area (Å²) >= 11 is 0. The largest absolute Gasteiger partial charge is 0.465 e. The standard InChI is InChI=1S/C27H40O9/c1-16(28)34-14-23(31)22-8-12-27(33)21-7-11-26(32)13-19(36-18(3)30)5-10-25(26,15-35-17(2)29)20(21)6-9-24(22,27)4/h19-22,32-33H,5-15H2,1-4H3/t19-,20-,21+,22-,24+,25-,26-,27-/m0/s1. The lowest BCUT2D eigenvalue weighted by atomic mass is 9.41. The fraction of sp³-hybridized carbons (Fsp3) is 0.852. The lowest BCUT2D eigenvalue weighted by molar-refractivity contribution is -0.272. The third-order valence-electron chi connectivity index (χ3n) is 10.3. The highest BCUT2D eigenvalue weighted by atomic mass is 16.5. The zero-order valence-electron chi connectivity index (χ0n) is 21.8. The summed E-state index contributed by atoms with van der Waals surface area (Å²) in [4.78, 5) is 47.8. The fourth-order valence-electron chi connectivity index (χ4n) is 8.64. The molecule has 2 N–H and O–H groups in total. The van der Waals surface area contributed by atoms with E-state index in [1.54, 1.807) is 0 Å². The third-order valence-corrected chi connectivity index (χ3v) is 10.3. The van der Waals surface area contributed by atoms with Gasteiger partial charge in [0.2, 0.25) is 0 Å². The van der Waals surface area contributed by atoms with Crippen molar-refractivity contribution in [1.82, 2.24) is 0 Å². The fourth-order valence-corrected chi connectivity index (χ4v) is 8.64. The number of hydrogen-bond acceptors (Lipinski definition) is 9. The van der Waals surface area contributed by atoms with E-state index in [4.69, 9.17) is 14.2 Å². The Morgan fingerprint density at radius 1 is 0.806 bits per heavy atom. The van der Waals surface area contributed by atoms with Crippen LogP contribution in [0.25, 0.3) is 0 Å². The molecule has 0 aromatic rings. The lowest BCUT2D eigenvalue weighted by Crippen LogP contribution is -2.69. The van der Waals surface area contributed by atoms with E-state index in [9.17, 15) is 29.4 Å². The molecule has 36 heavy (non-hydrogen) atoms. The normalized spacial score (nSPS) is 43.4. The summed E-state index contributed by atoms with van der Waals surface area (Å²) in [5, 5.41) is 24.3. The number of hydrogen-bond donors (Lipinski definition) is 2. The van der Waals surface area contributed by atoms with Gasteiger partial charge in [0.1, 0.15) is 12.7 Å². The molecular formula is C27H40O9. The average Bonchev–Trinajstić information content (AvgIpc) is 3.06. The molecule has 4 aliphatic rings. The second kappa shape index (κ2) is 9.39. The van der Waals surface area contributed by atoms with Crippen LogP contribution < -0.4 is 0 Å². The van der Waals surface area contributed by atoms with E-state index in [0.717, 1.165) is 0 Å². The Labute approximate surface area is 212 Å². The first-order valence-electron chi connectivity index (χ1n) is 13.2. The van der Waals surface area contributed by atoms with Crippen molar-refractivity contribution in [3.8, 4) is 0 Å². The highest BCUT2D eigenvalue weighted by Crippen LogP contribution is 2.70. The maximum atomic E-state index is 13.0. The number of esters is 3. The van der Waals surface area contributed by atoms with Crippen LogP contribution in [-0.2, 0) is 33.4 Å². The summed E-state index contributed by atoms with van der Waals surface area (Å²) in [6.45, 7) is 5.72. The molecule has 8 atom stereocenters. The molecule has 0 heterocycles. The van der Waals surface area contributed by atoms with E-state index >= 15 is 0 Å². The second-order valence-corrected chi connectivity index (χ2v) is 11.9. The van der Waals surface area contributed by atoms with Gasteiger partial charge in [-0.25, -0.2) is 0 Å². The van der Waals surface area contributed by atoms with Gasteiger partial charge in [0.25, 0.3) is 0 Å². The molecule has 4 saturated carbocycles. The Bertz CT molecular complexity index is 932. The molecule has 0 radical (unpaired) electrons. The van der Waals surface area contributed by atoms with Crippen molar-refractivity contribution in [2.24, 2.45) is 28.6 Å². The molecule has 0 aromatic heterocycles. The highest BCUT2D eigenvalue weighted by molar-refractivity contribution is 5.85. The van der Waals surface area contributed by atoms with Gasteiger partial charge < -0.3 is 24.4 Å². The average molecular weight is 509 g/mol. The molecule has 0 bridgehead atoms. The molecular weight excluding hydrogens is 468 g/mol. The number of fused-ring (bicyclic) bond motifs is 5. The number of Topliss-reactive ketones (excluding diaryl/α,β-unsaturated/α-hetero) is 1. The molecule has 9 nitrogen and oxygen atoms in total. The van der Waals surface area contributed by atoms with Crippen LogP contribution in [0.1, 0.15) is 85.5 Å². The maximum Gasteiger partial charge on any atom is 0.303 e. The van der Waals surface area contributed by atoms with Gasteiger partial charge in [0, 0.05) is 43.9 Å². The smallest absolute Gasteiger partial charge is 0.303 e. The van der Waals surface area contributed by atoms with E-state index in [1.807, 2.05) is 6.92 Å². The molecule has 0 aromatic carbocycles. The van der Waals surface area contributed by atoms with Gasteiger partial charge in [-0.3, -0.25) is 19.2 Å². The maximum absolute atomic E-state index is 13.0. The zero-order valence-corrected chi connectivity index (χ0v) is 21.8. The summed E-state index contributed by atoms with van der Waals surface area (Å²) in [5.74, 6) is -2.18. The van der Waals surface area contributed by atoms with Gasteiger partial charge >= 0.3 is 17.9 Å². The Morgan fingerprint density at radius 2 is 1.47 bits per heavy atom. The predicted octanol–water partition coefficient (Wildman–Crippen LogP) is 2.48. The topological polar surface area (TPSA) is 136 Å². The van der Waals surface area contributed by atoms with Gasteiger partial charge in [-0.2, -0.15) is 0 Å². The first kappa shape index (κ1) is 27.0. The Morgan fingerprint density at radius 3 is 2.11 bits per heavy atom. The molecule has 0 unspecified atom stereocenters. The Balaban J connectivity index is 1.65. The minimum absolute atomic E-state index is 0.0500. The minimum Gasteiger partial charge on any atom is -0.465 e. The first-order chi connectivity index (χ1) is 16.8. The summed E-state index contributed by atoms with van der Waals surface area (Å²) in [6.07, 6.45) is 4.10. The number of carbonyl (C=O) groups is 4. The molecule has 0 aliphatic heterocycles. The number of ketones is 1. The summed E-state index contributed by atoms with van der Waals surface area (Å²) in [7, 11) is 0. The van der Waals surface area contributed by atoms with Crippen molar-refractivity contribution in [1.29, 1.82) is 0 Å². The van der Waals surface area contributed by atoms with Gasteiger partial charge in [0.15, 0.2) is 5.78 Å². The molecule has 4 fully saturated rings. The highest BCUT2D eigenvalue weighted by Gasteiger charge is 2.72. The zero-order chi connectivity index (χ0) is 26.5. The van der Waals surface area contributed by atoms with Crippen molar-refractivity contribution in [2.45, 2.75) is 103 Å². The van der Waals surface area contributed by atoms with Crippen molar-refractivity contribution in [3.63, 3.8) is 0 Å².